The molecule has 0 aliphatic carbocycles. The summed E-state index contributed by atoms with van der Waals surface area (Å²) in [7, 11) is 0. The van der Waals surface area contributed by atoms with E-state index in [-0.39, 0.29) is 29.4 Å². The summed E-state index contributed by atoms with van der Waals surface area (Å²) in [6, 6.07) is 19.3. The largest absolute Gasteiger partial charge is 0.478 e. The molecule has 0 saturated carbocycles. The van der Waals surface area contributed by atoms with Crippen LogP contribution in [0.25, 0.3) is 10.8 Å². The van der Waals surface area contributed by atoms with Crippen LogP contribution < -0.4 is 10.8 Å². The van der Waals surface area contributed by atoms with Crippen LogP contribution in [0.5, 0.6) is 0 Å². The van der Waals surface area contributed by atoms with Crippen LogP contribution in [0.15, 0.2) is 66.7 Å². The van der Waals surface area contributed by atoms with Gasteiger partial charge in [0.05, 0.1) is 12.1 Å². The average Bonchev–Trinajstić information content (AvgIpc) is 3.26. The number of fused-ring (bicyclic) bond motifs is 1. The number of unbranched alkanes of at least 4 members (excludes halogenated alkanes) is 1. The van der Waals surface area contributed by atoms with Gasteiger partial charge in [-0.05, 0) is 40.8 Å². The number of imidazole rings is 1. The molecule has 0 radical (unpaired) electrons. The third-order valence-electron chi connectivity index (χ3n) is 6.76. The zero-order chi connectivity index (χ0) is 28.6. The van der Waals surface area contributed by atoms with E-state index < -0.39 is 23.8 Å². The highest BCUT2D eigenvalue weighted by Gasteiger charge is 2.26. The Morgan fingerprint density at radius 1 is 1.00 bits per heavy atom. The number of nitrogens with one attached hydrogen (secondary N) is 2. The molecular formula is C30H31ClN4O5. The highest BCUT2D eigenvalue weighted by molar-refractivity contribution is 6.32. The standard InChI is InChI=1S/C30H31ClN4O5/c1-2-3-13-25-33-28(31)27(29(37)32-21(17-26(36)34-40)16-19-9-5-4-6-10-19)35(25)18-20-14-15-24(30(38)39)23-12-8-7-11-22(20)23/h4-12,14-15,21,40H,2-3,13,16-18H2,1H3,(H,32,37)(H,34,36)(H,38,39). The lowest BCUT2D eigenvalue weighted by Crippen LogP contribution is -2.41. The molecule has 3 aromatic carbocycles. The maximum absolute atomic E-state index is 13.7. The van der Waals surface area contributed by atoms with Gasteiger partial charge in [0, 0.05) is 18.9 Å². The zero-order valence-corrected chi connectivity index (χ0v) is 22.8. The minimum Gasteiger partial charge on any atom is -0.478 e. The van der Waals surface area contributed by atoms with Gasteiger partial charge < -0.3 is 15.0 Å². The highest BCUT2D eigenvalue weighted by Crippen LogP contribution is 2.27. The lowest BCUT2D eigenvalue weighted by Gasteiger charge is -2.20. The smallest absolute Gasteiger partial charge is 0.336 e. The van der Waals surface area contributed by atoms with Crippen molar-refractivity contribution in [1.82, 2.24) is 20.3 Å². The minimum absolute atomic E-state index is 0.0418. The predicted molar refractivity (Wildman–Crippen MR) is 152 cm³/mol. The van der Waals surface area contributed by atoms with E-state index in [9.17, 15) is 19.5 Å². The number of aryl methyl sites for hydroxylation is 1. The van der Waals surface area contributed by atoms with Gasteiger partial charge >= 0.3 is 5.97 Å². The van der Waals surface area contributed by atoms with Gasteiger partial charge in [0.1, 0.15) is 11.5 Å². The van der Waals surface area contributed by atoms with Gasteiger partial charge in [-0.2, -0.15) is 0 Å². The van der Waals surface area contributed by atoms with Crippen LogP contribution in [0.3, 0.4) is 0 Å². The molecule has 0 fully saturated rings. The Morgan fingerprint density at radius 3 is 2.38 bits per heavy atom. The fourth-order valence-corrected chi connectivity index (χ4v) is 5.12. The third-order valence-corrected chi connectivity index (χ3v) is 7.03. The van der Waals surface area contributed by atoms with Crippen LogP contribution in [0, 0.1) is 0 Å². The molecular weight excluding hydrogens is 532 g/mol. The van der Waals surface area contributed by atoms with Crippen molar-refractivity contribution in [3.8, 4) is 0 Å². The molecule has 1 atom stereocenters. The normalized spacial score (nSPS) is 11.8. The second-order valence-electron chi connectivity index (χ2n) is 9.58. The van der Waals surface area contributed by atoms with Gasteiger partial charge in [-0.1, -0.05) is 85.6 Å². The summed E-state index contributed by atoms with van der Waals surface area (Å²) in [5, 5.41) is 23.1. The van der Waals surface area contributed by atoms with E-state index in [1.54, 1.807) is 34.3 Å². The Bertz CT molecular complexity index is 1520. The quantitative estimate of drug-likeness (QED) is 0.142. The molecule has 40 heavy (non-hydrogen) atoms. The number of hydrogen-bond acceptors (Lipinski definition) is 5. The van der Waals surface area contributed by atoms with Crippen LogP contribution in [0.2, 0.25) is 5.15 Å². The topological polar surface area (TPSA) is 134 Å². The number of hydrogen-bond donors (Lipinski definition) is 4. The number of carbonyl (C=O) groups is 3. The number of amides is 2. The van der Waals surface area contributed by atoms with E-state index in [0.717, 1.165) is 29.4 Å². The van der Waals surface area contributed by atoms with Crippen LogP contribution in [-0.4, -0.2) is 43.7 Å². The number of carboxylic acid groups (broad SMARTS) is 1. The maximum atomic E-state index is 13.7. The summed E-state index contributed by atoms with van der Waals surface area (Å²) in [5.74, 6) is -1.52. The minimum atomic E-state index is -1.02. The van der Waals surface area contributed by atoms with Gasteiger partial charge in [-0.3, -0.25) is 14.8 Å². The Labute approximate surface area is 236 Å². The number of aromatic nitrogens is 2. The van der Waals surface area contributed by atoms with Crippen LogP contribution >= 0.6 is 11.6 Å². The number of aromatic carboxylic acids is 1. The molecule has 208 valence electrons. The van der Waals surface area contributed by atoms with Gasteiger partial charge in [-0.25, -0.2) is 15.3 Å². The number of nitrogens with zero attached hydrogens (tertiary/aromatic N) is 2. The predicted octanol–water partition coefficient (Wildman–Crippen LogP) is 5.02. The molecule has 4 rings (SSSR count). The first-order valence-corrected chi connectivity index (χ1v) is 13.5. The summed E-state index contributed by atoms with van der Waals surface area (Å²) in [4.78, 5) is 42.1. The lowest BCUT2D eigenvalue weighted by atomic mass is 9.99. The van der Waals surface area contributed by atoms with Crippen molar-refractivity contribution in [2.24, 2.45) is 0 Å². The fraction of sp³-hybridized carbons (Fsp3) is 0.267. The molecule has 4 N–H and O–H groups in total. The number of carboxylic acids is 1. The second-order valence-corrected chi connectivity index (χ2v) is 9.94. The van der Waals surface area contributed by atoms with E-state index in [2.05, 4.69) is 17.2 Å². The average molecular weight is 563 g/mol. The Hall–Kier alpha value is -4.21. The number of carbonyl (C=O) groups excluding carboxylic acids is 2. The van der Waals surface area contributed by atoms with Crippen molar-refractivity contribution in [2.75, 3.05) is 0 Å². The monoisotopic (exact) mass is 562 g/mol. The first-order valence-electron chi connectivity index (χ1n) is 13.1. The van der Waals surface area contributed by atoms with Crippen molar-refractivity contribution in [3.05, 3.63) is 100 Å². The van der Waals surface area contributed by atoms with E-state index in [1.165, 1.54) is 0 Å². The SMILES string of the molecule is CCCCc1nc(Cl)c(C(=O)NC(CC(=O)NO)Cc2ccccc2)n1Cc1ccc(C(=O)O)c2ccccc12. The van der Waals surface area contributed by atoms with E-state index in [1.807, 2.05) is 42.5 Å². The van der Waals surface area contributed by atoms with Crippen molar-refractivity contribution in [1.29, 1.82) is 0 Å². The summed E-state index contributed by atoms with van der Waals surface area (Å²) >= 11 is 6.56. The molecule has 0 saturated heterocycles. The Morgan fingerprint density at radius 2 is 1.70 bits per heavy atom. The summed E-state index contributed by atoms with van der Waals surface area (Å²) in [5.41, 5.74) is 3.69. The van der Waals surface area contributed by atoms with Crippen molar-refractivity contribution in [3.63, 3.8) is 0 Å². The van der Waals surface area contributed by atoms with Crippen LogP contribution in [0.4, 0.5) is 0 Å². The second kappa shape index (κ2) is 13.2. The molecule has 0 aliphatic rings. The van der Waals surface area contributed by atoms with Crippen molar-refractivity contribution in [2.45, 2.75) is 51.6 Å². The maximum Gasteiger partial charge on any atom is 0.336 e. The van der Waals surface area contributed by atoms with Crippen molar-refractivity contribution >= 4 is 40.2 Å². The molecule has 1 unspecified atom stereocenters. The lowest BCUT2D eigenvalue weighted by molar-refractivity contribution is -0.129. The molecule has 0 bridgehead atoms. The Balaban J connectivity index is 1.72. The van der Waals surface area contributed by atoms with Crippen LogP contribution in [-0.2, 0) is 24.2 Å². The molecule has 0 aliphatic heterocycles. The first kappa shape index (κ1) is 28.8. The van der Waals surface area contributed by atoms with E-state index in [4.69, 9.17) is 16.8 Å². The number of hydroxylamine groups is 1. The molecule has 0 spiro atoms. The number of benzene rings is 3. The zero-order valence-electron chi connectivity index (χ0n) is 22.1. The summed E-state index contributed by atoms with van der Waals surface area (Å²) < 4.78 is 1.77. The third kappa shape index (κ3) is 6.67. The molecule has 10 heteroatoms. The van der Waals surface area contributed by atoms with Gasteiger partial charge in [0.2, 0.25) is 5.91 Å². The molecule has 9 nitrogen and oxygen atoms in total. The van der Waals surface area contributed by atoms with Crippen LogP contribution in [0.1, 0.15) is 64.0 Å². The molecule has 1 aromatic heterocycles. The Kier molecular flexibility index (Phi) is 9.52. The van der Waals surface area contributed by atoms with Crippen molar-refractivity contribution < 1.29 is 24.7 Å². The summed E-state index contributed by atoms with van der Waals surface area (Å²) in [6.45, 7) is 2.30. The molecule has 4 aromatic rings. The number of rotatable bonds is 12. The van der Waals surface area contributed by atoms with Gasteiger partial charge in [0.25, 0.3) is 5.91 Å². The fourth-order valence-electron chi connectivity index (χ4n) is 4.83. The number of halogens is 1. The molecule has 1 heterocycles. The molecule has 2 amide bonds. The summed E-state index contributed by atoms with van der Waals surface area (Å²) in [6.07, 6.45) is 2.55. The highest BCUT2D eigenvalue weighted by atomic mass is 35.5. The van der Waals surface area contributed by atoms with Gasteiger partial charge in [-0.15, -0.1) is 0 Å². The van der Waals surface area contributed by atoms with E-state index >= 15 is 0 Å². The van der Waals surface area contributed by atoms with Gasteiger partial charge in [0.15, 0.2) is 5.15 Å². The van der Waals surface area contributed by atoms with E-state index in [0.29, 0.717) is 24.1 Å². The first-order chi connectivity index (χ1) is 19.3.